The zero-order valence-corrected chi connectivity index (χ0v) is 9.52. The van der Waals surface area contributed by atoms with Crippen molar-refractivity contribution >= 4 is 17.9 Å². The molecule has 3 amide bonds. The Labute approximate surface area is 98.9 Å². The first-order valence-electron chi connectivity index (χ1n) is 5.57. The van der Waals surface area contributed by atoms with Gasteiger partial charge in [-0.2, -0.15) is 0 Å². The second kappa shape index (κ2) is 6.07. The molecule has 1 heterocycles. The van der Waals surface area contributed by atoms with Gasteiger partial charge in [0.1, 0.15) is 6.04 Å². The average molecular weight is 243 g/mol. The van der Waals surface area contributed by atoms with E-state index in [-0.39, 0.29) is 0 Å². The fourth-order valence-electron chi connectivity index (χ4n) is 1.74. The van der Waals surface area contributed by atoms with Gasteiger partial charge in [-0.1, -0.05) is 0 Å². The molecule has 1 fully saturated rings. The van der Waals surface area contributed by atoms with Gasteiger partial charge in [-0.15, -0.1) is 0 Å². The number of nitrogens with two attached hydrogens (primary N) is 1. The van der Waals surface area contributed by atoms with Crippen LogP contribution >= 0.6 is 0 Å². The summed E-state index contributed by atoms with van der Waals surface area (Å²) in [7, 11) is 0. The summed E-state index contributed by atoms with van der Waals surface area (Å²) in [6.45, 7) is 1.24. The maximum absolute atomic E-state index is 11.7. The highest BCUT2D eigenvalue weighted by atomic mass is 16.4. The van der Waals surface area contributed by atoms with E-state index in [4.69, 9.17) is 10.8 Å². The first kappa shape index (κ1) is 13.3. The maximum atomic E-state index is 11.7. The number of aliphatic carboxylic acids is 1. The molecule has 96 valence electrons. The molecule has 1 rings (SSSR count). The number of carbonyl (C=O) groups is 3. The van der Waals surface area contributed by atoms with Gasteiger partial charge >= 0.3 is 12.0 Å². The minimum atomic E-state index is -1.26. The van der Waals surface area contributed by atoms with Crippen LogP contribution in [0.25, 0.3) is 0 Å². The lowest BCUT2D eigenvalue weighted by Gasteiger charge is -2.28. The standard InChI is InChI=1S/C10H17N3O4/c11-8(14)6-7(9(15)16)12-10(17)13-4-2-1-3-5-13/h7H,1-6H2,(H2,11,14)(H,12,17)(H,15,16)/t7-/m0/s1. The fourth-order valence-corrected chi connectivity index (χ4v) is 1.74. The van der Waals surface area contributed by atoms with Gasteiger partial charge in [0.15, 0.2) is 0 Å². The number of hydrogen-bond acceptors (Lipinski definition) is 3. The Morgan fingerprint density at radius 2 is 1.82 bits per heavy atom. The second-order valence-electron chi connectivity index (χ2n) is 4.06. The molecule has 0 aromatic heterocycles. The van der Waals surface area contributed by atoms with E-state index >= 15 is 0 Å². The lowest BCUT2D eigenvalue weighted by Crippen LogP contribution is -2.50. The summed E-state index contributed by atoms with van der Waals surface area (Å²) in [5.41, 5.74) is 4.92. The number of piperidine rings is 1. The zero-order chi connectivity index (χ0) is 12.8. The van der Waals surface area contributed by atoms with Crippen LogP contribution in [0.1, 0.15) is 25.7 Å². The van der Waals surface area contributed by atoms with E-state index in [1.165, 1.54) is 0 Å². The van der Waals surface area contributed by atoms with Gasteiger partial charge in [0, 0.05) is 13.1 Å². The Hall–Kier alpha value is -1.79. The van der Waals surface area contributed by atoms with Gasteiger partial charge in [0.05, 0.1) is 6.42 Å². The molecule has 0 spiro atoms. The first-order chi connectivity index (χ1) is 8.00. The molecule has 1 aliphatic heterocycles. The number of nitrogens with one attached hydrogen (secondary N) is 1. The van der Waals surface area contributed by atoms with E-state index in [1.807, 2.05) is 0 Å². The van der Waals surface area contributed by atoms with Crippen LogP contribution in [0.4, 0.5) is 4.79 Å². The smallest absolute Gasteiger partial charge is 0.326 e. The minimum absolute atomic E-state index is 0.394. The number of amides is 3. The SMILES string of the molecule is NC(=O)C[C@H](NC(=O)N1CCCCC1)C(=O)O. The van der Waals surface area contributed by atoms with Crippen molar-refractivity contribution < 1.29 is 19.5 Å². The molecule has 0 unspecified atom stereocenters. The fraction of sp³-hybridized carbons (Fsp3) is 0.700. The van der Waals surface area contributed by atoms with Crippen LogP contribution in [0, 0.1) is 0 Å². The van der Waals surface area contributed by atoms with Crippen LogP contribution in [0.2, 0.25) is 0 Å². The Kier molecular flexibility index (Phi) is 4.74. The van der Waals surface area contributed by atoms with Gasteiger partial charge in [-0.3, -0.25) is 4.79 Å². The Bertz CT molecular complexity index is 313. The molecule has 1 saturated heterocycles. The van der Waals surface area contributed by atoms with Gasteiger partial charge < -0.3 is 21.1 Å². The van der Waals surface area contributed by atoms with Crippen molar-refractivity contribution in [2.75, 3.05) is 13.1 Å². The molecule has 0 radical (unpaired) electrons. The molecule has 0 bridgehead atoms. The highest BCUT2D eigenvalue weighted by Crippen LogP contribution is 2.08. The molecule has 0 aromatic rings. The molecule has 4 N–H and O–H groups in total. The lowest BCUT2D eigenvalue weighted by atomic mass is 10.1. The van der Waals surface area contributed by atoms with Crippen molar-refractivity contribution in [3.05, 3.63) is 0 Å². The Morgan fingerprint density at radius 3 is 2.29 bits per heavy atom. The highest BCUT2D eigenvalue weighted by molar-refractivity contribution is 5.87. The van der Waals surface area contributed by atoms with Crippen molar-refractivity contribution in [2.24, 2.45) is 5.73 Å². The number of urea groups is 1. The Morgan fingerprint density at radius 1 is 1.24 bits per heavy atom. The quantitative estimate of drug-likeness (QED) is 0.618. The molecule has 0 aromatic carbocycles. The van der Waals surface area contributed by atoms with E-state index in [0.29, 0.717) is 13.1 Å². The summed E-state index contributed by atoms with van der Waals surface area (Å²) in [5.74, 6) is -2.01. The van der Waals surface area contributed by atoms with E-state index in [0.717, 1.165) is 19.3 Å². The predicted octanol–water partition coefficient (Wildman–Crippen LogP) is -0.490. The number of carboxylic acids is 1. The first-order valence-corrected chi connectivity index (χ1v) is 5.57. The van der Waals surface area contributed by atoms with Crippen molar-refractivity contribution in [1.29, 1.82) is 0 Å². The third-order valence-electron chi connectivity index (χ3n) is 2.64. The molecule has 1 aliphatic rings. The van der Waals surface area contributed by atoms with Crippen LogP contribution in [0.5, 0.6) is 0 Å². The van der Waals surface area contributed by atoms with Gasteiger partial charge in [-0.25, -0.2) is 9.59 Å². The predicted molar refractivity (Wildman–Crippen MR) is 59.2 cm³/mol. The second-order valence-corrected chi connectivity index (χ2v) is 4.06. The molecular formula is C10H17N3O4. The van der Waals surface area contributed by atoms with Crippen LogP contribution in [0.3, 0.4) is 0 Å². The van der Waals surface area contributed by atoms with E-state index in [9.17, 15) is 14.4 Å². The van der Waals surface area contributed by atoms with Crippen molar-refractivity contribution in [1.82, 2.24) is 10.2 Å². The monoisotopic (exact) mass is 243 g/mol. The van der Waals surface area contributed by atoms with Crippen molar-refractivity contribution in [3.8, 4) is 0 Å². The summed E-state index contributed by atoms with van der Waals surface area (Å²) < 4.78 is 0. The average Bonchev–Trinajstić information content (AvgIpc) is 2.28. The van der Waals surface area contributed by atoms with Gasteiger partial charge in [0.2, 0.25) is 5.91 Å². The number of carbonyl (C=O) groups excluding carboxylic acids is 2. The zero-order valence-electron chi connectivity index (χ0n) is 9.52. The van der Waals surface area contributed by atoms with Gasteiger partial charge in [-0.05, 0) is 19.3 Å². The lowest BCUT2D eigenvalue weighted by molar-refractivity contribution is -0.141. The third kappa shape index (κ3) is 4.29. The number of rotatable bonds is 4. The van der Waals surface area contributed by atoms with Crippen molar-refractivity contribution in [3.63, 3.8) is 0 Å². The number of primary amides is 1. The van der Waals surface area contributed by atoms with E-state index in [2.05, 4.69) is 5.32 Å². The Balaban J connectivity index is 2.50. The summed E-state index contributed by atoms with van der Waals surface area (Å²) in [6, 6.07) is -1.69. The number of carboxylic acid groups (broad SMARTS) is 1. The van der Waals surface area contributed by atoms with Gasteiger partial charge in [0.25, 0.3) is 0 Å². The molecular weight excluding hydrogens is 226 g/mol. The molecule has 7 nitrogen and oxygen atoms in total. The van der Waals surface area contributed by atoms with Crippen LogP contribution in [-0.2, 0) is 9.59 Å². The maximum Gasteiger partial charge on any atom is 0.326 e. The van der Waals surface area contributed by atoms with Crippen LogP contribution in [0.15, 0.2) is 0 Å². The largest absolute Gasteiger partial charge is 0.480 e. The molecule has 17 heavy (non-hydrogen) atoms. The van der Waals surface area contributed by atoms with Crippen LogP contribution in [-0.4, -0.2) is 47.0 Å². The topological polar surface area (TPSA) is 113 Å². The molecule has 1 atom stereocenters. The summed E-state index contributed by atoms with van der Waals surface area (Å²) in [6.07, 6.45) is 2.52. The number of likely N-dealkylation sites (tertiary alicyclic amines) is 1. The minimum Gasteiger partial charge on any atom is -0.480 e. The highest BCUT2D eigenvalue weighted by Gasteiger charge is 2.25. The third-order valence-corrected chi connectivity index (χ3v) is 2.64. The van der Waals surface area contributed by atoms with Crippen molar-refractivity contribution in [2.45, 2.75) is 31.7 Å². The molecule has 0 aliphatic carbocycles. The normalized spacial score (nSPS) is 17.3. The van der Waals surface area contributed by atoms with Crippen LogP contribution < -0.4 is 11.1 Å². The molecule has 0 saturated carbocycles. The summed E-state index contributed by atoms with van der Waals surface area (Å²) in [5, 5.41) is 11.1. The van der Waals surface area contributed by atoms with E-state index < -0.39 is 30.4 Å². The number of nitrogens with zero attached hydrogens (tertiary/aromatic N) is 1. The molecule has 7 heteroatoms. The summed E-state index contributed by atoms with van der Waals surface area (Å²) >= 11 is 0. The van der Waals surface area contributed by atoms with E-state index in [1.54, 1.807) is 4.90 Å². The summed E-state index contributed by atoms with van der Waals surface area (Å²) in [4.78, 5) is 34.7. The number of hydrogen-bond donors (Lipinski definition) is 3.